The topological polar surface area (TPSA) is 67.4 Å². The van der Waals surface area contributed by atoms with E-state index in [9.17, 15) is 9.59 Å². The van der Waals surface area contributed by atoms with E-state index in [1.807, 2.05) is 20.8 Å². The van der Waals surface area contributed by atoms with Gasteiger partial charge in [0.1, 0.15) is 5.60 Å². The molecule has 1 fully saturated rings. The third kappa shape index (κ3) is 7.06. The van der Waals surface area contributed by atoms with Crippen molar-refractivity contribution in [3.05, 3.63) is 35.4 Å². The van der Waals surface area contributed by atoms with Gasteiger partial charge in [0.15, 0.2) is 0 Å². The normalized spacial score (nSPS) is 20.3. The average Bonchev–Trinajstić information content (AvgIpc) is 2.58. The highest BCUT2D eigenvalue weighted by atomic mass is 16.6. The Morgan fingerprint density at radius 3 is 2.23 bits per heavy atom. The van der Waals surface area contributed by atoms with Gasteiger partial charge in [-0.3, -0.25) is 4.79 Å². The fraction of sp³-hybridized carbons (Fsp3) is 0.619. The zero-order valence-corrected chi connectivity index (χ0v) is 16.4. The highest BCUT2D eigenvalue weighted by Gasteiger charge is 2.26. The highest BCUT2D eigenvalue weighted by molar-refractivity contribution is 5.78. The summed E-state index contributed by atoms with van der Waals surface area (Å²) in [6.07, 6.45) is 3.30. The lowest BCUT2D eigenvalue weighted by molar-refractivity contribution is -0.126. The van der Waals surface area contributed by atoms with Gasteiger partial charge in [0.25, 0.3) is 0 Å². The first-order valence-corrected chi connectivity index (χ1v) is 9.53. The first kappa shape index (κ1) is 20.3. The third-order valence-electron chi connectivity index (χ3n) is 4.74. The molecule has 2 amide bonds. The Labute approximate surface area is 156 Å². The van der Waals surface area contributed by atoms with Crippen molar-refractivity contribution in [2.45, 2.75) is 65.5 Å². The van der Waals surface area contributed by atoms with E-state index in [4.69, 9.17) is 4.74 Å². The lowest BCUT2D eigenvalue weighted by Crippen LogP contribution is -2.38. The van der Waals surface area contributed by atoms with Gasteiger partial charge >= 0.3 is 6.09 Å². The smallest absolute Gasteiger partial charge is 0.407 e. The number of amides is 2. The SMILES string of the molecule is Cc1ccc(CNC(=O)[C@H]2CC[C@H](CNC(=O)OC(C)(C)C)CC2)cc1. The maximum absolute atomic E-state index is 12.4. The van der Waals surface area contributed by atoms with Crippen molar-refractivity contribution in [3.63, 3.8) is 0 Å². The van der Waals surface area contributed by atoms with Crippen molar-refractivity contribution < 1.29 is 14.3 Å². The molecule has 0 aromatic heterocycles. The van der Waals surface area contributed by atoms with Crippen LogP contribution in [-0.2, 0) is 16.1 Å². The van der Waals surface area contributed by atoms with Crippen LogP contribution in [-0.4, -0.2) is 24.1 Å². The second-order valence-electron chi connectivity index (χ2n) is 8.30. The number of ether oxygens (including phenoxy) is 1. The number of hydrogen-bond acceptors (Lipinski definition) is 3. The first-order chi connectivity index (χ1) is 12.2. The Morgan fingerprint density at radius 1 is 1.04 bits per heavy atom. The van der Waals surface area contributed by atoms with Crippen LogP contribution in [0.1, 0.15) is 57.6 Å². The standard InChI is InChI=1S/C21H32N2O3/c1-15-5-7-16(8-6-15)13-22-19(24)18-11-9-17(10-12-18)14-23-20(25)26-21(2,3)4/h5-8,17-18H,9-14H2,1-4H3,(H,22,24)(H,23,25)/t17-,18-. The largest absolute Gasteiger partial charge is 0.444 e. The number of rotatable bonds is 5. The third-order valence-corrected chi connectivity index (χ3v) is 4.74. The predicted octanol–water partition coefficient (Wildman–Crippen LogP) is 3.94. The number of alkyl carbamates (subject to hydrolysis) is 1. The molecule has 1 aliphatic rings. The Balaban J connectivity index is 1.66. The molecule has 0 atom stereocenters. The summed E-state index contributed by atoms with van der Waals surface area (Å²) in [6.45, 7) is 8.82. The Hall–Kier alpha value is -2.04. The zero-order valence-electron chi connectivity index (χ0n) is 16.4. The number of carbonyl (C=O) groups excluding carboxylic acids is 2. The molecule has 0 spiro atoms. The Kier molecular flexibility index (Phi) is 7.06. The fourth-order valence-corrected chi connectivity index (χ4v) is 3.21. The van der Waals surface area contributed by atoms with E-state index in [2.05, 4.69) is 41.8 Å². The fourth-order valence-electron chi connectivity index (χ4n) is 3.21. The number of hydrogen-bond donors (Lipinski definition) is 2. The molecule has 0 bridgehead atoms. The van der Waals surface area contributed by atoms with Crippen LogP contribution in [0.15, 0.2) is 24.3 Å². The molecule has 1 aromatic rings. The van der Waals surface area contributed by atoms with E-state index in [0.717, 1.165) is 31.2 Å². The molecule has 0 saturated heterocycles. The summed E-state index contributed by atoms with van der Waals surface area (Å²) in [6, 6.07) is 8.22. The lowest BCUT2D eigenvalue weighted by Gasteiger charge is -2.28. The van der Waals surface area contributed by atoms with Gasteiger partial charge in [0.05, 0.1) is 0 Å². The van der Waals surface area contributed by atoms with Gasteiger partial charge in [-0.2, -0.15) is 0 Å². The molecule has 1 aromatic carbocycles. The maximum atomic E-state index is 12.4. The van der Waals surface area contributed by atoms with Gasteiger partial charge < -0.3 is 15.4 Å². The average molecular weight is 360 g/mol. The predicted molar refractivity (Wildman–Crippen MR) is 103 cm³/mol. The lowest BCUT2D eigenvalue weighted by atomic mass is 9.81. The van der Waals surface area contributed by atoms with Gasteiger partial charge in [-0.25, -0.2) is 4.79 Å². The van der Waals surface area contributed by atoms with E-state index in [-0.39, 0.29) is 17.9 Å². The molecular formula is C21H32N2O3. The molecule has 5 nitrogen and oxygen atoms in total. The van der Waals surface area contributed by atoms with Crippen LogP contribution in [0.5, 0.6) is 0 Å². The van der Waals surface area contributed by atoms with Crippen LogP contribution in [0.4, 0.5) is 4.79 Å². The molecule has 0 aliphatic heterocycles. The summed E-state index contributed by atoms with van der Waals surface area (Å²) in [5, 5.41) is 5.89. The van der Waals surface area contributed by atoms with E-state index in [1.165, 1.54) is 5.56 Å². The van der Waals surface area contributed by atoms with Crippen molar-refractivity contribution in [2.75, 3.05) is 6.54 Å². The second-order valence-corrected chi connectivity index (χ2v) is 8.30. The summed E-state index contributed by atoms with van der Waals surface area (Å²) in [7, 11) is 0. The van der Waals surface area contributed by atoms with E-state index >= 15 is 0 Å². The Bertz CT molecular complexity index is 597. The number of benzene rings is 1. The van der Waals surface area contributed by atoms with Gasteiger partial charge in [-0.15, -0.1) is 0 Å². The van der Waals surface area contributed by atoms with Gasteiger partial charge in [-0.05, 0) is 64.9 Å². The van der Waals surface area contributed by atoms with Crippen LogP contribution in [0.3, 0.4) is 0 Å². The monoisotopic (exact) mass is 360 g/mol. The van der Waals surface area contributed by atoms with Crippen LogP contribution in [0, 0.1) is 18.8 Å². The number of carbonyl (C=O) groups is 2. The van der Waals surface area contributed by atoms with Gasteiger partial charge in [-0.1, -0.05) is 29.8 Å². The van der Waals surface area contributed by atoms with Gasteiger partial charge in [0, 0.05) is 19.0 Å². The maximum Gasteiger partial charge on any atom is 0.407 e. The summed E-state index contributed by atoms with van der Waals surface area (Å²) in [5.41, 5.74) is 1.87. The van der Waals surface area contributed by atoms with Crippen LogP contribution >= 0.6 is 0 Å². The highest BCUT2D eigenvalue weighted by Crippen LogP contribution is 2.28. The summed E-state index contributed by atoms with van der Waals surface area (Å²) in [5.74, 6) is 0.644. The van der Waals surface area contributed by atoms with Crippen LogP contribution in [0.25, 0.3) is 0 Å². The van der Waals surface area contributed by atoms with Crippen molar-refractivity contribution >= 4 is 12.0 Å². The van der Waals surface area contributed by atoms with Crippen molar-refractivity contribution in [2.24, 2.45) is 11.8 Å². The molecule has 0 radical (unpaired) electrons. The number of aryl methyl sites for hydroxylation is 1. The van der Waals surface area contributed by atoms with E-state index < -0.39 is 5.60 Å². The molecule has 26 heavy (non-hydrogen) atoms. The van der Waals surface area contributed by atoms with Crippen LogP contribution in [0.2, 0.25) is 0 Å². The molecule has 144 valence electrons. The van der Waals surface area contributed by atoms with E-state index in [1.54, 1.807) is 0 Å². The second kappa shape index (κ2) is 9.06. The summed E-state index contributed by atoms with van der Waals surface area (Å²) >= 11 is 0. The minimum absolute atomic E-state index is 0.0817. The summed E-state index contributed by atoms with van der Waals surface area (Å²) < 4.78 is 5.26. The van der Waals surface area contributed by atoms with Crippen molar-refractivity contribution in [3.8, 4) is 0 Å². The van der Waals surface area contributed by atoms with E-state index in [0.29, 0.717) is 19.0 Å². The Morgan fingerprint density at radius 2 is 1.65 bits per heavy atom. The summed E-state index contributed by atoms with van der Waals surface area (Å²) in [4.78, 5) is 24.1. The van der Waals surface area contributed by atoms with Crippen molar-refractivity contribution in [1.82, 2.24) is 10.6 Å². The molecule has 2 N–H and O–H groups in total. The molecule has 1 aliphatic carbocycles. The molecular weight excluding hydrogens is 328 g/mol. The minimum Gasteiger partial charge on any atom is -0.444 e. The number of nitrogens with one attached hydrogen (secondary N) is 2. The van der Waals surface area contributed by atoms with Crippen molar-refractivity contribution in [1.29, 1.82) is 0 Å². The molecule has 5 heteroatoms. The van der Waals surface area contributed by atoms with Crippen LogP contribution < -0.4 is 10.6 Å². The molecule has 2 rings (SSSR count). The first-order valence-electron chi connectivity index (χ1n) is 9.53. The minimum atomic E-state index is -0.475. The molecule has 1 saturated carbocycles. The van der Waals surface area contributed by atoms with Gasteiger partial charge in [0.2, 0.25) is 5.91 Å². The molecule has 0 heterocycles. The zero-order chi connectivity index (χ0) is 19.2. The quantitative estimate of drug-likeness (QED) is 0.836. The molecule has 0 unspecified atom stereocenters.